The molecule has 0 amide bonds. The lowest BCUT2D eigenvalue weighted by molar-refractivity contribution is 0.861. The summed E-state index contributed by atoms with van der Waals surface area (Å²) in [6.45, 7) is 0.829. The Kier molecular flexibility index (Phi) is 6.15. The minimum absolute atomic E-state index is 0.829. The third-order valence-electron chi connectivity index (χ3n) is 9.89. The zero-order chi connectivity index (χ0) is 31.6. The van der Waals surface area contributed by atoms with Crippen LogP contribution in [0.2, 0.25) is 0 Å². The minimum atomic E-state index is 0.829. The highest BCUT2D eigenvalue weighted by Gasteiger charge is 2.27. The van der Waals surface area contributed by atoms with Crippen LogP contribution in [0.1, 0.15) is 10.4 Å². The van der Waals surface area contributed by atoms with Crippen LogP contribution in [-0.4, -0.2) is 0 Å². The molecule has 0 spiro atoms. The molecule has 2 aliphatic rings. The molecule has 1 aromatic heterocycles. The van der Waals surface area contributed by atoms with Crippen molar-refractivity contribution in [3.63, 3.8) is 0 Å². The van der Waals surface area contributed by atoms with Crippen molar-refractivity contribution < 1.29 is 0 Å². The number of thiophene rings is 1. The summed E-state index contributed by atoms with van der Waals surface area (Å²) in [5.41, 5.74) is 14.9. The molecule has 0 bridgehead atoms. The van der Waals surface area contributed by atoms with Crippen LogP contribution in [0.4, 0.5) is 11.4 Å². The Bertz CT molecular complexity index is 2540. The van der Waals surface area contributed by atoms with Gasteiger partial charge in [-0.25, -0.2) is 0 Å². The molecule has 0 saturated carbocycles. The molecule has 1 aliphatic heterocycles. The zero-order valence-corrected chi connectivity index (χ0v) is 27.0. The first-order valence-corrected chi connectivity index (χ1v) is 17.3. The second-order valence-corrected chi connectivity index (χ2v) is 13.6. The highest BCUT2D eigenvalue weighted by Crippen LogP contribution is 2.50. The fourth-order valence-electron chi connectivity index (χ4n) is 7.60. The Morgan fingerprint density at radius 3 is 1.88 bits per heavy atom. The molecular weight excluding hydrogens is 601 g/mol. The van der Waals surface area contributed by atoms with Gasteiger partial charge >= 0.3 is 0 Å². The summed E-state index contributed by atoms with van der Waals surface area (Å²) in [7, 11) is 0. The van der Waals surface area contributed by atoms with Crippen molar-refractivity contribution in [3.8, 4) is 44.5 Å². The third-order valence-corrected chi connectivity index (χ3v) is 11.1. The van der Waals surface area contributed by atoms with Crippen molar-refractivity contribution in [2.75, 3.05) is 4.90 Å². The molecule has 48 heavy (non-hydrogen) atoms. The van der Waals surface area contributed by atoms with Gasteiger partial charge in [-0.1, -0.05) is 127 Å². The van der Waals surface area contributed by atoms with Gasteiger partial charge in [0, 0.05) is 28.8 Å². The maximum atomic E-state index is 3.63. The summed E-state index contributed by atoms with van der Waals surface area (Å²) < 4.78 is 1.32. The van der Waals surface area contributed by atoms with E-state index >= 15 is 0 Å². The van der Waals surface area contributed by atoms with Crippen LogP contribution in [0.15, 0.2) is 164 Å². The molecule has 1 aliphatic carbocycles. The van der Waals surface area contributed by atoms with Gasteiger partial charge in [0.1, 0.15) is 0 Å². The molecule has 0 radical (unpaired) electrons. The van der Waals surface area contributed by atoms with E-state index in [1.54, 1.807) is 0 Å². The monoisotopic (exact) mass is 630 g/mol. The molecule has 0 saturated heterocycles. The fraction of sp³-hybridized carbons (Fsp3) is 0.0222. The number of nitrogens with zero attached hydrogens (tertiary/aromatic N) is 1. The largest absolute Gasteiger partial charge is 0.385 e. The number of nitrogens with one attached hydrogen (secondary N) is 1. The molecule has 10 rings (SSSR count). The van der Waals surface area contributed by atoms with Crippen LogP contribution in [-0.2, 0) is 6.54 Å². The molecule has 0 atom stereocenters. The van der Waals surface area contributed by atoms with E-state index in [0.717, 1.165) is 17.9 Å². The Labute approximate surface area is 283 Å². The van der Waals surface area contributed by atoms with E-state index in [4.69, 9.17) is 0 Å². The molecule has 0 unspecified atom stereocenters. The van der Waals surface area contributed by atoms with Gasteiger partial charge in [0.2, 0.25) is 0 Å². The minimum Gasteiger partial charge on any atom is -0.385 e. The summed E-state index contributed by atoms with van der Waals surface area (Å²) in [5, 5.41) is 7.61. The number of hydrogen-bond donors (Lipinski definition) is 1. The van der Waals surface area contributed by atoms with E-state index in [1.807, 2.05) is 11.3 Å². The van der Waals surface area contributed by atoms with Crippen LogP contribution >= 0.6 is 11.3 Å². The van der Waals surface area contributed by atoms with Gasteiger partial charge < -0.3 is 10.2 Å². The Balaban J connectivity index is 1.10. The Hall–Kier alpha value is -5.90. The highest BCUT2D eigenvalue weighted by atomic mass is 32.1. The van der Waals surface area contributed by atoms with Crippen LogP contribution < -0.4 is 10.2 Å². The second kappa shape index (κ2) is 10.8. The topological polar surface area (TPSA) is 15.3 Å². The summed E-state index contributed by atoms with van der Waals surface area (Å²) >= 11 is 1.89. The van der Waals surface area contributed by atoms with E-state index < -0.39 is 0 Å². The number of fused-ring (bicyclic) bond motifs is 6. The van der Waals surface area contributed by atoms with E-state index in [0.29, 0.717) is 0 Å². The summed E-state index contributed by atoms with van der Waals surface area (Å²) in [5.74, 6) is 0. The van der Waals surface area contributed by atoms with Crippen LogP contribution in [0, 0.1) is 0 Å². The van der Waals surface area contributed by atoms with Gasteiger partial charge in [-0.15, -0.1) is 11.3 Å². The van der Waals surface area contributed by atoms with Crippen molar-refractivity contribution in [1.29, 1.82) is 0 Å². The number of benzene rings is 7. The van der Waals surface area contributed by atoms with E-state index in [2.05, 4.69) is 174 Å². The second-order valence-electron chi connectivity index (χ2n) is 12.6. The fourth-order valence-corrected chi connectivity index (χ4v) is 8.83. The molecule has 8 aromatic rings. The molecule has 2 heterocycles. The van der Waals surface area contributed by atoms with Crippen molar-refractivity contribution in [2.24, 2.45) is 0 Å². The van der Waals surface area contributed by atoms with Gasteiger partial charge in [0.25, 0.3) is 0 Å². The first-order chi connectivity index (χ1) is 23.8. The van der Waals surface area contributed by atoms with Gasteiger partial charge in [-0.2, -0.15) is 0 Å². The third kappa shape index (κ3) is 4.25. The molecule has 7 aromatic carbocycles. The zero-order valence-electron chi connectivity index (χ0n) is 26.2. The van der Waals surface area contributed by atoms with E-state index in [9.17, 15) is 0 Å². The van der Waals surface area contributed by atoms with Crippen LogP contribution in [0.25, 0.3) is 71.1 Å². The SMILES string of the molecule is C1=C(N(c2ccc(-c3ccc(-c4ccccc4)cc3)cc2)c2ccc3c(c2)-c2cccc4cccc-3c24)c2sc3ccccc3c2CN1. The van der Waals surface area contributed by atoms with Gasteiger partial charge in [0.05, 0.1) is 10.6 Å². The number of anilines is 2. The predicted molar refractivity (Wildman–Crippen MR) is 204 cm³/mol. The maximum Gasteiger partial charge on any atom is 0.0795 e. The molecule has 1 N–H and O–H groups in total. The predicted octanol–water partition coefficient (Wildman–Crippen LogP) is 12.3. The quantitative estimate of drug-likeness (QED) is 0.204. The molecular formula is C45H30N2S. The lowest BCUT2D eigenvalue weighted by atomic mass is 9.99. The van der Waals surface area contributed by atoms with Crippen molar-refractivity contribution >= 4 is 49.3 Å². The van der Waals surface area contributed by atoms with Gasteiger partial charge in [-0.05, 0) is 96.6 Å². The van der Waals surface area contributed by atoms with E-state index in [1.165, 1.54) is 81.5 Å². The normalized spacial score (nSPS) is 12.8. The molecule has 3 heteroatoms. The standard InChI is InChI=1S/C45H30N2S/c1-2-8-29(9-3-1)30-16-18-31(19-17-30)32-20-22-34(23-21-32)47(42-28-46-27-41-37-12-4-5-15-43(37)48-45(41)42)35-24-25-36-38-13-6-10-33-11-7-14-39(44(33)38)40(36)26-35/h1-26,28,46H,27H2. The summed E-state index contributed by atoms with van der Waals surface area (Å²) in [4.78, 5) is 3.76. The lowest BCUT2D eigenvalue weighted by Gasteiger charge is -2.30. The Morgan fingerprint density at radius 1 is 0.500 bits per heavy atom. The number of rotatable bonds is 5. The average molecular weight is 631 g/mol. The highest BCUT2D eigenvalue weighted by molar-refractivity contribution is 7.20. The van der Waals surface area contributed by atoms with Crippen molar-refractivity contribution in [3.05, 3.63) is 174 Å². The molecule has 0 fully saturated rings. The first-order valence-electron chi connectivity index (χ1n) is 16.5. The smallest absolute Gasteiger partial charge is 0.0795 e. The molecule has 2 nitrogen and oxygen atoms in total. The summed E-state index contributed by atoms with van der Waals surface area (Å²) in [6, 6.07) is 57.6. The van der Waals surface area contributed by atoms with Crippen molar-refractivity contribution in [1.82, 2.24) is 5.32 Å². The summed E-state index contributed by atoms with van der Waals surface area (Å²) in [6.07, 6.45) is 2.20. The average Bonchev–Trinajstić information content (AvgIpc) is 3.70. The van der Waals surface area contributed by atoms with Crippen molar-refractivity contribution in [2.45, 2.75) is 6.54 Å². The number of hydrogen-bond acceptors (Lipinski definition) is 3. The van der Waals surface area contributed by atoms with Crippen LogP contribution in [0.3, 0.4) is 0 Å². The lowest BCUT2D eigenvalue weighted by Crippen LogP contribution is -2.22. The molecule has 226 valence electrons. The van der Waals surface area contributed by atoms with E-state index in [-0.39, 0.29) is 0 Å². The van der Waals surface area contributed by atoms with Gasteiger partial charge in [0.15, 0.2) is 0 Å². The maximum absolute atomic E-state index is 3.63. The Morgan fingerprint density at radius 2 is 1.12 bits per heavy atom. The van der Waals surface area contributed by atoms with Crippen LogP contribution in [0.5, 0.6) is 0 Å². The first kappa shape index (κ1) is 27.2. The van der Waals surface area contributed by atoms with Gasteiger partial charge in [-0.3, -0.25) is 0 Å².